The SMILES string of the molecule is CC#Cc1cc2c(n(Cc3ncccc3C(F)(F)F)c1=O)=NC(CC)=CCCC=2. The van der Waals surface area contributed by atoms with E-state index in [2.05, 4.69) is 21.8 Å². The summed E-state index contributed by atoms with van der Waals surface area (Å²) < 4.78 is 41.6. The zero-order chi connectivity index (χ0) is 21.0. The fourth-order valence-electron chi connectivity index (χ4n) is 3.19. The van der Waals surface area contributed by atoms with E-state index in [1.165, 1.54) is 16.8 Å². The van der Waals surface area contributed by atoms with Gasteiger partial charge in [0.15, 0.2) is 0 Å². The molecule has 150 valence electrons. The van der Waals surface area contributed by atoms with Crippen LogP contribution in [0.5, 0.6) is 0 Å². The van der Waals surface area contributed by atoms with Gasteiger partial charge in [-0.25, -0.2) is 4.99 Å². The molecule has 2 aromatic rings. The molecule has 2 aromatic heterocycles. The lowest BCUT2D eigenvalue weighted by atomic mass is 10.1. The number of pyridine rings is 2. The van der Waals surface area contributed by atoms with Gasteiger partial charge in [0.25, 0.3) is 5.56 Å². The quantitative estimate of drug-likeness (QED) is 0.745. The third-order valence-corrected chi connectivity index (χ3v) is 4.58. The summed E-state index contributed by atoms with van der Waals surface area (Å²) >= 11 is 0. The van der Waals surface area contributed by atoms with Crippen LogP contribution in [0.2, 0.25) is 0 Å². The lowest BCUT2D eigenvalue weighted by Gasteiger charge is -2.14. The highest BCUT2D eigenvalue weighted by Gasteiger charge is 2.34. The van der Waals surface area contributed by atoms with Gasteiger partial charge in [0.05, 0.1) is 23.4 Å². The van der Waals surface area contributed by atoms with Crippen molar-refractivity contribution in [2.45, 2.75) is 45.8 Å². The van der Waals surface area contributed by atoms with E-state index in [-0.39, 0.29) is 17.8 Å². The van der Waals surface area contributed by atoms with Crippen molar-refractivity contribution in [1.29, 1.82) is 0 Å². The molecule has 0 atom stereocenters. The second-order valence-corrected chi connectivity index (χ2v) is 6.54. The van der Waals surface area contributed by atoms with Crippen LogP contribution < -0.4 is 16.3 Å². The Kier molecular flexibility index (Phi) is 6.02. The molecule has 1 aliphatic heterocycles. The molecule has 0 saturated carbocycles. The van der Waals surface area contributed by atoms with Gasteiger partial charge in [0, 0.05) is 17.1 Å². The van der Waals surface area contributed by atoms with Crippen molar-refractivity contribution in [2.24, 2.45) is 4.99 Å². The molecule has 0 amide bonds. The average molecular weight is 399 g/mol. The van der Waals surface area contributed by atoms with Crippen LogP contribution in [0.4, 0.5) is 13.2 Å². The van der Waals surface area contributed by atoms with Crippen molar-refractivity contribution >= 4 is 6.08 Å². The molecule has 0 spiro atoms. The summed E-state index contributed by atoms with van der Waals surface area (Å²) in [4.78, 5) is 21.6. The molecule has 0 bridgehead atoms. The van der Waals surface area contributed by atoms with Crippen molar-refractivity contribution in [2.75, 3.05) is 0 Å². The van der Waals surface area contributed by atoms with Crippen molar-refractivity contribution in [3.05, 3.63) is 74.0 Å². The molecule has 0 fully saturated rings. The number of hydrogen-bond donors (Lipinski definition) is 0. The number of rotatable bonds is 3. The Bertz CT molecular complexity index is 1200. The van der Waals surface area contributed by atoms with Crippen molar-refractivity contribution in [3.8, 4) is 11.8 Å². The predicted molar refractivity (Wildman–Crippen MR) is 104 cm³/mol. The van der Waals surface area contributed by atoms with Crippen LogP contribution in [0.15, 0.2) is 46.0 Å². The van der Waals surface area contributed by atoms with Gasteiger partial charge in [-0.3, -0.25) is 14.3 Å². The second-order valence-electron chi connectivity index (χ2n) is 6.54. The molecule has 3 heterocycles. The van der Waals surface area contributed by atoms with Crippen LogP contribution in [0.1, 0.15) is 49.9 Å². The van der Waals surface area contributed by atoms with E-state index in [0.29, 0.717) is 17.1 Å². The third kappa shape index (κ3) is 4.48. The molecular formula is C22H20F3N3O. The van der Waals surface area contributed by atoms with Gasteiger partial charge in [-0.05, 0) is 44.4 Å². The van der Waals surface area contributed by atoms with Gasteiger partial charge >= 0.3 is 6.18 Å². The van der Waals surface area contributed by atoms with Gasteiger partial charge in [-0.2, -0.15) is 13.2 Å². The Balaban J connectivity index is 2.34. The fraction of sp³-hybridized carbons (Fsp3) is 0.318. The van der Waals surface area contributed by atoms with Crippen LogP contribution >= 0.6 is 0 Å². The molecule has 0 unspecified atom stereocenters. The maximum absolute atomic E-state index is 13.4. The number of nitrogens with zero attached hydrogens (tertiary/aromatic N) is 3. The van der Waals surface area contributed by atoms with E-state index < -0.39 is 17.3 Å². The average Bonchev–Trinajstić information content (AvgIpc) is 2.66. The number of alkyl halides is 3. The molecule has 3 rings (SSSR count). The van der Waals surface area contributed by atoms with Crippen LogP contribution in [0.3, 0.4) is 0 Å². The molecule has 1 aliphatic rings. The molecule has 4 nitrogen and oxygen atoms in total. The highest BCUT2D eigenvalue weighted by Crippen LogP contribution is 2.31. The maximum Gasteiger partial charge on any atom is 0.418 e. The molecule has 0 aromatic carbocycles. The minimum absolute atomic E-state index is 0.227. The second kappa shape index (κ2) is 8.48. The van der Waals surface area contributed by atoms with Crippen LogP contribution in [0.25, 0.3) is 6.08 Å². The zero-order valence-corrected chi connectivity index (χ0v) is 16.2. The summed E-state index contributed by atoms with van der Waals surface area (Å²) in [5, 5.41) is 0.686. The Morgan fingerprint density at radius 2 is 2.00 bits per heavy atom. The first-order chi connectivity index (χ1) is 13.8. The number of fused-ring (bicyclic) bond motifs is 1. The number of aromatic nitrogens is 2. The first kappa shape index (κ1) is 20.6. The molecule has 0 radical (unpaired) electrons. The van der Waals surface area contributed by atoms with Gasteiger partial charge in [-0.1, -0.05) is 25.0 Å². The van der Waals surface area contributed by atoms with Crippen molar-refractivity contribution in [3.63, 3.8) is 0 Å². The number of allylic oxidation sites excluding steroid dienone is 2. The highest BCUT2D eigenvalue weighted by atomic mass is 19.4. The van der Waals surface area contributed by atoms with Gasteiger partial charge < -0.3 is 0 Å². The molecule has 0 aliphatic carbocycles. The van der Waals surface area contributed by atoms with Gasteiger partial charge in [0.1, 0.15) is 5.49 Å². The minimum Gasteiger partial charge on any atom is -0.286 e. The van der Waals surface area contributed by atoms with E-state index in [1.54, 1.807) is 13.0 Å². The largest absolute Gasteiger partial charge is 0.418 e. The topological polar surface area (TPSA) is 47.2 Å². The van der Waals surface area contributed by atoms with Gasteiger partial charge in [0.2, 0.25) is 0 Å². The molecule has 29 heavy (non-hydrogen) atoms. The summed E-state index contributed by atoms with van der Waals surface area (Å²) in [5.74, 6) is 5.45. The molecule has 7 heteroatoms. The predicted octanol–water partition coefficient (Wildman–Crippen LogP) is 3.17. The zero-order valence-electron chi connectivity index (χ0n) is 16.2. The lowest BCUT2D eigenvalue weighted by molar-refractivity contribution is -0.138. The van der Waals surface area contributed by atoms with Crippen molar-refractivity contribution < 1.29 is 13.2 Å². The normalized spacial score (nSPS) is 13.6. The summed E-state index contributed by atoms with van der Waals surface area (Å²) in [5.41, 5.74) is -0.226. The standard InChI is InChI=1S/C22H20F3N3O/c1-3-8-16-13-15-9-5-6-10-17(4-2)27-20(15)28(21(16)29)14-19-18(22(23,24)25)11-7-12-26-19/h7,9-13H,4-6,14H2,1-2H3. The molecule has 0 N–H and O–H groups in total. The Hall–Kier alpha value is -3.14. The van der Waals surface area contributed by atoms with E-state index in [1.807, 2.05) is 19.1 Å². The van der Waals surface area contributed by atoms with E-state index >= 15 is 0 Å². The first-order valence-corrected chi connectivity index (χ1v) is 9.30. The summed E-state index contributed by atoms with van der Waals surface area (Å²) in [6.45, 7) is 3.21. The molecule has 0 saturated heterocycles. The summed E-state index contributed by atoms with van der Waals surface area (Å²) in [7, 11) is 0. The number of hydrogen-bond acceptors (Lipinski definition) is 3. The fourth-order valence-corrected chi connectivity index (χ4v) is 3.19. The van der Waals surface area contributed by atoms with Gasteiger partial charge in [-0.15, -0.1) is 5.92 Å². The maximum atomic E-state index is 13.4. The van der Waals surface area contributed by atoms with Crippen LogP contribution in [0, 0.1) is 11.8 Å². The highest BCUT2D eigenvalue weighted by molar-refractivity contribution is 5.36. The Morgan fingerprint density at radius 3 is 2.69 bits per heavy atom. The smallest absolute Gasteiger partial charge is 0.286 e. The summed E-state index contributed by atoms with van der Waals surface area (Å²) in [6.07, 6.45) is 2.83. The van der Waals surface area contributed by atoms with E-state index in [0.717, 1.165) is 24.6 Å². The first-order valence-electron chi connectivity index (χ1n) is 9.30. The van der Waals surface area contributed by atoms with E-state index in [4.69, 9.17) is 0 Å². The minimum atomic E-state index is -4.57. The van der Waals surface area contributed by atoms with Crippen LogP contribution in [-0.2, 0) is 12.7 Å². The molecular weight excluding hydrogens is 379 g/mol. The lowest BCUT2D eigenvalue weighted by Crippen LogP contribution is -2.45. The summed E-state index contributed by atoms with van der Waals surface area (Å²) in [6, 6.07) is 3.86. The Morgan fingerprint density at radius 1 is 1.24 bits per heavy atom. The van der Waals surface area contributed by atoms with Crippen LogP contribution in [-0.4, -0.2) is 9.55 Å². The number of halogens is 3. The van der Waals surface area contributed by atoms with Crippen molar-refractivity contribution in [1.82, 2.24) is 9.55 Å². The van der Waals surface area contributed by atoms with E-state index in [9.17, 15) is 18.0 Å². The third-order valence-electron chi connectivity index (χ3n) is 4.58. The monoisotopic (exact) mass is 399 g/mol. The Labute approximate surface area is 166 Å².